The molecule has 0 aliphatic heterocycles. The van der Waals surface area contributed by atoms with E-state index in [1.165, 1.54) is 0 Å². The molecule has 5 nitrogen and oxygen atoms in total. The molecule has 0 fully saturated rings. The van der Waals surface area contributed by atoms with Gasteiger partial charge in [-0.1, -0.05) is 41.9 Å². The Morgan fingerprint density at radius 2 is 1.69 bits per heavy atom. The summed E-state index contributed by atoms with van der Waals surface area (Å²) in [5.41, 5.74) is 0.420. The fraction of sp³-hybridized carbons (Fsp3) is 0.250. The summed E-state index contributed by atoms with van der Waals surface area (Å²) in [6.07, 6.45) is 0. The summed E-state index contributed by atoms with van der Waals surface area (Å²) in [5, 5.41) is 14.9. The van der Waals surface area contributed by atoms with Gasteiger partial charge in [0.05, 0.1) is 6.07 Å². The van der Waals surface area contributed by atoms with E-state index in [-0.39, 0.29) is 17.7 Å². The highest BCUT2D eigenvalue weighted by molar-refractivity contribution is 9.10. The zero-order chi connectivity index (χ0) is 19.3. The standard InChI is InChI=1S/C20H20BrN3O2/c1-13(2)20(3,12-22)24-19(26)15-7-5-9-17(11-15)23-18(25)14-6-4-8-16(21)10-14/h4-11,13H,1-3H3,(H,23,25)(H,24,26). The second-order valence-electron chi connectivity index (χ2n) is 6.47. The zero-order valence-corrected chi connectivity index (χ0v) is 16.4. The number of benzene rings is 2. The van der Waals surface area contributed by atoms with Gasteiger partial charge in [-0.3, -0.25) is 9.59 Å². The number of nitrogens with one attached hydrogen (secondary N) is 2. The van der Waals surface area contributed by atoms with Crippen molar-refractivity contribution in [2.24, 2.45) is 5.92 Å². The number of hydrogen-bond acceptors (Lipinski definition) is 3. The van der Waals surface area contributed by atoms with E-state index in [1.54, 1.807) is 49.4 Å². The highest BCUT2D eigenvalue weighted by Crippen LogP contribution is 2.18. The van der Waals surface area contributed by atoms with Gasteiger partial charge in [0.25, 0.3) is 11.8 Å². The molecule has 26 heavy (non-hydrogen) atoms. The Kier molecular flexibility index (Phi) is 6.17. The Hall–Kier alpha value is -2.65. The van der Waals surface area contributed by atoms with Gasteiger partial charge in [-0.05, 0) is 49.2 Å². The van der Waals surface area contributed by atoms with Crippen LogP contribution in [0, 0.1) is 17.2 Å². The summed E-state index contributed by atoms with van der Waals surface area (Å²) in [6, 6.07) is 15.8. The summed E-state index contributed by atoms with van der Waals surface area (Å²) < 4.78 is 0.808. The van der Waals surface area contributed by atoms with Crippen molar-refractivity contribution in [3.05, 3.63) is 64.1 Å². The number of carbonyl (C=O) groups excluding carboxylic acids is 2. The Labute approximate surface area is 161 Å². The van der Waals surface area contributed by atoms with Crippen molar-refractivity contribution in [2.45, 2.75) is 26.3 Å². The Morgan fingerprint density at radius 1 is 1.08 bits per heavy atom. The molecule has 1 unspecified atom stereocenters. The van der Waals surface area contributed by atoms with Crippen molar-refractivity contribution in [1.29, 1.82) is 5.26 Å². The molecule has 0 saturated carbocycles. The smallest absolute Gasteiger partial charge is 0.255 e. The predicted molar refractivity (Wildman–Crippen MR) is 105 cm³/mol. The first kappa shape index (κ1) is 19.7. The summed E-state index contributed by atoms with van der Waals surface area (Å²) in [6.45, 7) is 5.44. The molecule has 1 atom stereocenters. The summed E-state index contributed by atoms with van der Waals surface area (Å²) >= 11 is 3.33. The molecule has 0 aliphatic rings. The molecule has 2 aromatic rings. The SMILES string of the molecule is CC(C)C(C)(C#N)NC(=O)c1cccc(NC(=O)c2cccc(Br)c2)c1. The van der Waals surface area contributed by atoms with E-state index in [0.717, 1.165) is 4.47 Å². The number of rotatable bonds is 5. The van der Waals surface area contributed by atoms with Crippen LogP contribution in [0.5, 0.6) is 0 Å². The molecule has 134 valence electrons. The first-order valence-corrected chi connectivity index (χ1v) is 8.95. The molecule has 2 aromatic carbocycles. The number of carbonyl (C=O) groups is 2. The average molecular weight is 414 g/mol. The highest BCUT2D eigenvalue weighted by Gasteiger charge is 2.30. The molecule has 0 bridgehead atoms. The molecule has 0 saturated heterocycles. The van der Waals surface area contributed by atoms with Gasteiger partial charge in [0, 0.05) is 21.3 Å². The lowest BCUT2D eigenvalue weighted by atomic mass is 9.89. The van der Waals surface area contributed by atoms with E-state index in [9.17, 15) is 14.9 Å². The topological polar surface area (TPSA) is 82.0 Å². The third-order valence-electron chi connectivity index (χ3n) is 4.23. The van der Waals surface area contributed by atoms with Gasteiger partial charge < -0.3 is 10.6 Å². The predicted octanol–water partition coefficient (Wildman–Crippen LogP) is 4.37. The number of hydrogen-bond donors (Lipinski definition) is 2. The van der Waals surface area contributed by atoms with Crippen LogP contribution in [0.15, 0.2) is 53.0 Å². The summed E-state index contributed by atoms with van der Waals surface area (Å²) in [7, 11) is 0. The number of amides is 2. The minimum atomic E-state index is -0.966. The molecular weight excluding hydrogens is 394 g/mol. The van der Waals surface area contributed by atoms with Crippen molar-refractivity contribution >= 4 is 33.4 Å². The van der Waals surface area contributed by atoms with Crippen molar-refractivity contribution in [3.63, 3.8) is 0 Å². The lowest BCUT2D eigenvalue weighted by Crippen LogP contribution is -2.48. The molecule has 2 N–H and O–H groups in total. The van der Waals surface area contributed by atoms with Crippen molar-refractivity contribution in [2.75, 3.05) is 5.32 Å². The normalized spacial score (nSPS) is 12.8. The number of anilines is 1. The molecule has 0 aliphatic carbocycles. The van der Waals surface area contributed by atoms with Gasteiger partial charge in [-0.25, -0.2) is 0 Å². The Bertz CT molecular complexity index is 873. The van der Waals surface area contributed by atoms with E-state index < -0.39 is 5.54 Å². The van der Waals surface area contributed by atoms with Gasteiger partial charge in [-0.2, -0.15) is 5.26 Å². The summed E-state index contributed by atoms with van der Waals surface area (Å²) in [4.78, 5) is 24.8. The maximum Gasteiger partial charge on any atom is 0.255 e. The number of nitrogens with zero attached hydrogens (tertiary/aromatic N) is 1. The van der Waals surface area contributed by atoms with Crippen LogP contribution < -0.4 is 10.6 Å². The zero-order valence-electron chi connectivity index (χ0n) is 14.8. The monoisotopic (exact) mass is 413 g/mol. The van der Waals surface area contributed by atoms with E-state index in [0.29, 0.717) is 16.8 Å². The minimum absolute atomic E-state index is 0.0455. The second kappa shape index (κ2) is 8.15. The molecule has 2 rings (SSSR count). The van der Waals surface area contributed by atoms with E-state index >= 15 is 0 Å². The molecule has 0 heterocycles. The Morgan fingerprint density at radius 3 is 2.27 bits per heavy atom. The van der Waals surface area contributed by atoms with Crippen LogP contribution in [0.3, 0.4) is 0 Å². The van der Waals surface area contributed by atoms with Gasteiger partial charge in [0.1, 0.15) is 5.54 Å². The molecular formula is C20H20BrN3O2. The number of nitriles is 1. The van der Waals surface area contributed by atoms with E-state index in [2.05, 4.69) is 32.6 Å². The minimum Gasteiger partial charge on any atom is -0.334 e. The van der Waals surface area contributed by atoms with Gasteiger partial charge in [0.2, 0.25) is 0 Å². The van der Waals surface area contributed by atoms with Crippen LogP contribution in [-0.2, 0) is 0 Å². The fourth-order valence-corrected chi connectivity index (χ4v) is 2.58. The second-order valence-corrected chi connectivity index (χ2v) is 7.38. The maximum absolute atomic E-state index is 12.5. The molecule has 2 amide bonds. The molecule has 6 heteroatoms. The van der Waals surface area contributed by atoms with Crippen LogP contribution in [0.2, 0.25) is 0 Å². The van der Waals surface area contributed by atoms with E-state index in [1.807, 2.05) is 19.9 Å². The van der Waals surface area contributed by atoms with Crippen molar-refractivity contribution in [3.8, 4) is 6.07 Å². The van der Waals surface area contributed by atoms with Crippen LogP contribution >= 0.6 is 15.9 Å². The average Bonchev–Trinajstić information content (AvgIpc) is 2.61. The molecule has 0 aromatic heterocycles. The highest BCUT2D eigenvalue weighted by atomic mass is 79.9. The van der Waals surface area contributed by atoms with Crippen LogP contribution in [0.1, 0.15) is 41.5 Å². The number of halogens is 1. The Balaban J connectivity index is 2.16. The van der Waals surface area contributed by atoms with Crippen LogP contribution in [-0.4, -0.2) is 17.4 Å². The lowest BCUT2D eigenvalue weighted by molar-refractivity contribution is 0.0907. The van der Waals surface area contributed by atoms with Crippen LogP contribution in [0.4, 0.5) is 5.69 Å². The third-order valence-corrected chi connectivity index (χ3v) is 4.72. The largest absolute Gasteiger partial charge is 0.334 e. The summed E-state index contributed by atoms with van der Waals surface area (Å²) in [5.74, 6) is -0.676. The first-order chi connectivity index (χ1) is 12.2. The van der Waals surface area contributed by atoms with Gasteiger partial charge in [0.15, 0.2) is 0 Å². The fourth-order valence-electron chi connectivity index (χ4n) is 2.18. The van der Waals surface area contributed by atoms with Crippen molar-refractivity contribution in [1.82, 2.24) is 5.32 Å². The molecule has 0 spiro atoms. The maximum atomic E-state index is 12.5. The molecule has 0 radical (unpaired) electrons. The van der Waals surface area contributed by atoms with Crippen LogP contribution in [0.25, 0.3) is 0 Å². The van der Waals surface area contributed by atoms with Gasteiger partial charge in [-0.15, -0.1) is 0 Å². The third kappa shape index (κ3) is 4.70. The quantitative estimate of drug-likeness (QED) is 0.763. The first-order valence-electron chi connectivity index (χ1n) is 8.16. The van der Waals surface area contributed by atoms with Crippen molar-refractivity contribution < 1.29 is 9.59 Å². The lowest BCUT2D eigenvalue weighted by Gasteiger charge is -2.27. The van der Waals surface area contributed by atoms with Gasteiger partial charge >= 0.3 is 0 Å². The van der Waals surface area contributed by atoms with E-state index in [4.69, 9.17) is 0 Å².